The molecule has 0 spiro atoms. The molecule has 0 radical (unpaired) electrons. The Morgan fingerprint density at radius 3 is 2.57 bits per heavy atom. The summed E-state index contributed by atoms with van der Waals surface area (Å²) >= 11 is 0. The molecule has 2 heteroatoms. The first-order chi connectivity index (χ1) is 6.77. The highest BCUT2D eigenvalue weighted by Crippen LogP contribution is 2.06. The maximum atomic E-state index is 11.0. The zero-order valence-corrected chi connectivity index (χ0v) is 8.91. The molecule has 1 rings (SSSR count). The molecule has 1 aromatic carbocycles. The van der Waals surface area contributed by atoms with Crippen LogP contribution in [0.2, 0.25) is 0 Å². The van der Waals surface area contributed by atoms with Gasteiger partial charge in [0.15, 0.2) is 0 Å². The van der Waals surface area contributed by atoms with Gasteiger partial charge in [-0.05, 0) is 17.7 Å². The Morgan fingerprint density at radius 1 is 1.43 bits per heavy atom. The quantitative estimate of drug-likeness (QED) is 0.673. The van der Waals surface area contributed by atoms with Gasteiger partial charge >= 0.3 is 5.97 Å². The van der Waals surface area contributed by atoms with Crippen LogP contribution < -0.4 is 0 Å². The van der Waals surface area contributed by atoms with Crippen molar-refractivity contribution in [2.45, 2.75) is 13.8 Å². The zero-order valence-electron chi connectivity index (χ0n) is 8.91. The van der Waals surface area contributed by atoms with E-state index in [9.17, 15) is 4.79 Å². The first-order valence-electron chi connectivity index (χ1n) is 4.58. The molecule has 0 aliphatic heterocycles. The minimum Gasteiger partial charge on any atom is -0.465 e. The molecule has 0 saturated heterocycles. The van der Waals surface area contributed by atoms with Crippen LogP contribution in [-0.2, 0) is 4.74 Å². The van der Waals surface area contributed by atoms with Crippen LogP contribution in [0.5, 0.6) is 0 Å². The maximum Gasteiger partial charge on any atom is 0.337 e. The maximum absolute atomic E-state index is 11.0. The van der Waals surface area contributed by atoms with Crippen LogP contribution in [-0.4, -0.2) is 13.1 Å². The van der Waals surface area contributed by atoms with Gasteiger partial charge in [0.1, 0.15) is 0 Å². The smallest absolute Gasteiger partial charge is 0.337 e. The Labute approximate surface area is 85.2 Å². The highest BCUT2D eigenvalue weighted by atomic mass is 16.5. The van der Waals surface area contributed by atoms with Crippen molar-refractivity contribution in [3.8, 4) is 0 Å². The fourth-order valence-corrected chi connectivity index (χ4v) is 0.910. The summed E-state index contributed by atoms with van der Waals surface area (Å²) in [5.74, 6) is -0.321. The topological polar surface area (TPSA) is 26.3 Å². The zero-order chi connectivity index (χ0) is 11.0. The molecule has 0 unspecified atom stereocenters. The monoisotopic (exact) mass is 192 g/mol. The van der Waals surface area contributed by atoms with E-state index >= 15 is 0 Å². The Hall–Kier alpha value is -1.57. The van der Waals surface area contributed by atoms with Gasteiger partial charge in [-0.25, -0.2) is 4.79 Å². The fraction of sp³-hybridized carbons (Fsp3) is 0.250. The van der Waals surface area contributed by atoms with Crippen molar-refractivity contribution >= 4 is 12.0 Å². The first kappa shape index (κ1) is 12.4. The number of esters is 1. The van der Waals surface area contributed by atoms with E-state index in [-0.39, 0.29) is 5.97 Å². The molecule has 76 valence electrons. The Kier molecular flexibility index (Phi) is 6.12. The van der Waals surface area contributed by atoms with E-state index in [1.54, 1.807) is 24.3 Å². The van der Waals surface area contributed by atoms with Crippen LogP contribution in [0.3, 0.4) is 0 Å². The van der Waals surface area contributed by atoms with Crippen molar-refractivity contribution in [1.29, 1.82) is 0 Å². The predicted molar refractivity (Wildman–Crippen MR) is 59.2 cm³/mol. The van der Waals surface area contributed by atoms with Crippen molar-refractivity contribution < 1.29 is 9.53 Å². The number of carbonyl (C=O) groups excluding carboxylic acids is 1. The Bertz CT molecular complexity index is 303. The van der Waals surface area contributed by atoms with Crippen molar-refractivity contribution in [2.75, 3.05) is 7.11 Å². The van der Waals surface area contributed by atoms with Crippen LogP contribution >= 0.6 is 0 Å². The van der Waals surface area contributed by atoms with Gasteiger partial charge in [0.2, 0.25) is 0 Å². The molecule has 0 fully saturated rings. The van der Waals surface area contributed by atoms with E-state index in [4.69, 9.17) is 0 Å². The SMILES string of the molecule is C=Cc1cccc(C(=O)OC)c1.CC. The van der Waals surface area contributed by atoms with Crippen molar-refractivity contribution in [1.82, 2.24) is 0 Å². The summed E-state index contributed by atoms with van der Waals surface area (Å²) in [6, 6.07) is 7.11. The Morgan fingerprint density at radius 2 is 2.07 bits per heavy atom. The van der Waals surface area contributed by atoms with E-state index < -0.39 is 0 Å². The van der Waals surface area contributed by atoms with Crippen LogP contribution in [0.15, 0.2) is 30.8 Å². The van der Waals surface area contributed by atoms with Gasteiger partial charge in [0, 0.05) is 0 Å². The molecule has 0 aliphatic carbocycles. The molecular weight excluding hydrogens is 176 g/mol. The lowest BCUT2D eigenvalue weighted by Crippen LogP contribution is -2.00. The average Bonchev–Trinajstić information content (AvgIpc) is 2.30. The minimum atomic E-state index is -0.321. The van der Waals surface area contributed by atoms with E-state index in [1.807, 2.05) is 19.9 Å². The molecule has 0 amide bonds. The number of rotatable bonds is 2. The summed E-state index contributed by atoms with van der Waals surface area (Å²) in [4.78, 5) is 11.0. The summed E-state index contributed by atoms with van der Waals surface area (Å²) in [5.41, 5.74) is 1.47. The van der Waals surface area contributed by atoms with Crippen molar-refractivity contribution in [3.63, 3.8) is 0 Å². The lowest BCUT2D eigenvalue weighted by atomic mass is 10.1. The molecule has 0 saturated carbocycles. The molecule has 1 aromatic rings. The normalized spacial score (nSPS) is 8.21. The first-order valence-corrected chi connectivity index (χ1v) is 4.58. The fourth-order valence-electron chi connectivity index (χ4n) is 0.910. The van der Waals surface area contributed by atoms with Gasteiger partial charge < -0.3 is 4.74 Å². The molecule has 2 nitrogen and oxygen atoms in total. The van der Waals surface area contributed by atoms with Crippen molar-refractivity contribution in [2.24, 2.45) is 0 Å². The number of benzene rings is 1. The summed E-state index contributed by atoms with van der Waals surface area (Å²) in [7, 11) is 1.36. The molecule has 0 N–H and O–H groups in total. The van der Waals surface area contributed by atoms with E-state index in [1.165, 1.54) is 7.11 Å². The van der Waals surface area contributed by atoms with Gasteiger partial charge in [0.25, 0.3) is 0 Å². The second-order valence-corrected chi connectivity index (χ2v) is 2.32. The van der Waals surface area contributed by atoms with Gasteiger partial charge in [-0.2, -0.15) is 0 Å². The van der Waals surface area contributed by atoms with Gasteiger partial charge in [-0.1, -0.05) is 38.6 Å². The highest BCUT2D eigenvalue weighted by molar-refractivity contribution is 5.89. The predicted octanol–water partition coefficient (Wildman–Crippen LogP) is 3.14. The molecule has 0 atom stereocenters. The third kappa shape index (κ3) is 3.44. The largest absolute Gasteiger partial charge is 0.465 e. The number of ether oxygens (including phenoxy) is 1. The van der Waals surface area contributed by atoms with E-state index in [2.05, 4.69) is 11.3 Å². The van der Waals surface area contributed by atoms with Gasteiger partial charge in [0.05, 0.1) is 12.7 Å². The third-order valence-electron chi connectivity index (χ3n) is 1.54. The van der Waals surface area contributed by atoms with E-state index in [0.717, 1.165) is 5.56 Å². The van der Waals surface area contributed by atoms with Crippen molar-refractivity contribution in [3.05, 3.63) is 42.0 Å². The molecule has 0 aliphatic rings. The summed E-state index contributed by atoms with van der Waals surface area (Å²) in [5, 5.41) is 0. The van der Waals surface area contributed by atoms with Crippen LogP contribution in [0.4, 0.5) is 0 Å². The molecular formula is C12H16O2. The van der Waals surface area contributed by atoms with E-state index in [0.29, 0.717) is 5.56 Å². The molecule has 0 heterocycles. The average molecular weight is 192 g/mol. The van der Waals surface area contributed by atoms with Crippen LogP contribution in [0.1, 0.15) is 29.8 Å². The Balaban J connectivity index is 0.000000791. The lowest BCUT2D eigenvalue weighted by molar-refractivity contribution is 0.0600. The highest BCUT2D eigenvalue weighted by Gasteiger charge is 2.03. The van der Waals surface area contributed by atoms with Gasteiger partial charge in [-0.15, -0.1) is 0 Å². The molecule has 0 bridgehead atoms. The number of methoxy groups -OCH3 is 1. The second kappa shape index (κ2) is 6.89. The third-order valence-corrected chi connectivity index (χ3v) is 1.54. The minimum absolute atomic E-state index is 0.321. The molecule has 0 aromatic heterocycles. The van der Waals surface area contributed by atoms with Gasteiger partial charge in [-0.3, -0.25) is 0 Å². The molecule has 14 heavy (non-hydrogen) atoms. The standard InChI is InChI=1S/C10H10O2.C2H6/c1-3-8-5-4-6-9(7-8)10(11)12-2;1-2/h3-7H,1H2,2H3;1-2H3. The second-order valence-electron chi connectivity index (χ2n) is 2.32. The number of hydrogen-bond acceptors (Lipinski definition) is 2. The summed E-state index contributed by atoms with van der Waals surface area (Å²) < 4.78 is 4.56. The summed E-state index contributed by atoms with van der Waals surface area (Å²) in [6.45, 7) is 7.61. The van der Waals surface area contributed by atoms with Crippen LogP contribution in [0.25, 0.3) is 6.08 Å². The summed E-state index contributed by atoms with van der Waals surface area (Å²) in [6.07, 6.45) is 1.69. The lowest BCUT2D eigenvalue weighted by Gasteiger charge is -1.99. The number of carbonyl (C=O) groups is 1. The van der Waals surface area contributed by atoms with Crippen LogP contribution in [0, 0.1) is 0 Å². The number of hydrogen-bond donors (Lipinski definition) is 0.